The van der Waals surface area contributed by atoms with Gasteiger partial charge in [0.2, 0.25) is 29.5 Å². The van der Waals surface area contributed by atoms with Crippen LogP contribution in [-0.4, -0.2) is 64.6 Å². The summed E-state index contributed by atoms with van der Waals surface area (Å²) >= 11 is 1.32. The molecular formula is C30H46N4O5S. The number of hydrogen-bond acceptors (Lipinski definition) is 6. The average Bonchev–Trinajstić information content (AvgIpc) is 3.20. The van der Waals surface area contributed by atoms with Crippen LogP contribution in [-0.2, 0) is 30.4 Å². The molecule has 2 unspecified atom stereocenters. The zero-order valence-corrected chi connectivity index (χ0v) is 25.4. The van der Waals surface area contributed by atoms with Crippen LogP contribution in [0.5, 0.6) is 0 Å². The zero-order valence-electron chi connectivity index (χ0n) is 24.6. The highest BCUT2D eigenvalue weighted by molar-refractivity contribution is 8.00. The van der Waals surface area contributed by atoms with E-state index in [4.69, 9.17) is 0 Å². The summed E-state index contributed by atoms with van der Waals surface area (Å²) in [4.78, 5) is 63.7. The van der Waals surface area contributed by atoms with Crippen molar-refractivity contribution in [3.8, 4) is 0 Å². The Bertz CT molecular complexity index is 1010. The molecule has 3 N–H and O–H groups in total. The predicted octanol–water partition coefficient (Wildman–Crippen LogP) is 4.05. The number of benzene rings is 1. The minimum absolute atomic E-state index is 0.0243. The van der Waals surface area contributed by atoms with Crippen molar-refractivity contribution in [1.29, 1.82) is 0 Å². The first-order valence-electron chi connectivity index (χ1n) is 14.4. The van der Waals surface area contributed by atoms with Crippen molar-refractivity contribution >= 4 is 47.0 Å². The van der Waals surface area contributed by atoms with Gasteiger partial charge in [-0.05, 0) is 49.6 Å². The molecule has 0 aliphatic carbocycles. The Morgan fingerprint density at radius 2 is 1.60 bits per heavy atom. The lowest BCUT2D eigenvalue weighted by Crippen LogP contribution is -2.54. The van der Waals surface area contributed by atoms with Crippen molar-refractivity contribution in [2.75, 3.05) is 18.1 Å². The number of hydrogen-bond donors (Lipinski definition) is 3. The first-order valence-corrected chi connectivity index (χ1v) is 15.7. The van der Waals surface area contributed by atoms with E-state index in [1.165, 1.54) is 49.4 Å². The first-order chi connectivity index (χ1) is 19.1. The summed E-state index contributed by atoms with van der Waals surface area (Å²) in [5.41, 5.74) is 1.88. The Morgan fingerprint density at radius 3 is 2.20 bits per heavy atom. The molecule has 0 spiro atoms. The van der Waals surface area contributed by atoms with Crippen LogP contribution in [0.25, 0.3) is 0 Å². The van der Waals surface area contributed by atoms with Gasteiger partial charge in [-0.25, -0.2) is 0 Å². The van der Waals surface area contributed by atoms with E-state index in [1.54, 1.807) is 27.0 Å². The lowest BCUT2D eigenvalue weighted by Gasteiger charge is -2.24. The van der Waals surface area contributed by atoms with E-state index in [0.717, 1.165) is 17.7 Å². The van der Waals surface area contributed by atoms with Crippen LogP contribution in [0.4, 0.5) is 5.69 Å². The van der Waals surface area contributed by atoms with E-state index in [1.807, 2.05) is 24.3 Å². The van der Waals surface area contributed by atoms with Gasteiger partial charge in [0.25, 0.3) is 0 Å². The molecule has 40 heavy (non-hydrogen) atoms. The summed E-state index contributed by atoms with van der Waals surface area (Å²) in [7, 11) is 0. The fourth-order valence-electron chi connectivity index (χ4n) is 4.55. The Kier molecular flexibility index (Phi) is 14.2. The van der Waals surface area contributed by atoms with Gasteiger partial charge in [-0.3, -0.25) is 28.9 Å². The number of amides is 5. The monoisotopic (exact) mass is 574 g/mol. The Labute approximate surface area is 243 Å². The van der Waals surface area contributed by atoms with Crippen molar-refractivity contribution < 1.29 is 24.0 Å². The average molecular weight is 575 g/mol. The van der Waals surface area contributed by atoms with Crippen LogP contribution in [0, 0.1) is 5.92 Å². The number of aryl methyl sites for hydroxylation is 1. The van der Waals surface area contributed by atoms with Gasteiger partial charge in [-0.15, -0.1) is 0 Å². The SMILES string of the molecule is CCCCCCCCc1ccc(NC(=O)[C@H](C)NC(=O)C(NC(=O)CCN2C(=O)CC(SC)C2=O)C(C)C)cc1. The van der Waals surface area contributed by atoms with Gasteiger partial charge >= 0.3 is 0 Å². The standard InChI is InChI=1S/C30H46N4O5S/c1-6-7-8-9-10-11-12-22-13-15-23(16-14-22)32-28(37)21(4)31-29(38)27(20(2)3)33-25(35)17-18-34-26(36)19-24(40-5)30(34)39/h13-16,20-21,24,27H,6-12,17-19H2,1-5H3,(H,31,38)(H,32,37)(H,33,35)/t21-,24?,27?/m0/s1. The number of unbranched alkanes of at least 4 members (excludes halogenated alkanes) is 5. The molecule has 1 aromatic carbocycles. The van der Waals surface area contributed by atoms with Crippen molar-refractivity contribution in [3.05, 3.63) is 29.8 Å². The van der Waals surface area contributed by atoms with Crippen LogP contribution in [0.2, 0.25) is 0 Å². The highest BCUT2D eigenvalue weighted by Crippen LogP contribution is 2.23. The van der Waals surface area contributed by atoms with Gasteiger partial charge in [0.05, 0.1) is 5.25 Å². The van der Waals surface area contributed by atoms with Gasteiger partial charge in [-0.1, -0.05) is 65.0 Å². The van der Waals surface area contributed by atoms with Gasteiger partial charge in [0, 0.05) is 25.1 Å². The van der Waals surface area contributed by atoms with Crippen molar-refractivity contribution in [3.63, 3.8) is 0 Å². The number of carbonyl (C=O) groups is 5. The molecule has 3 atom stereocenters. The molecule has 2 rings (SSSR count). The molecule has 1 aliphatic rings. The molecule has 1 aromatic rings. The Hall–Kier alpha value is -2.88. The predicted molar refractivity (Wildman–Crippen MR) is 160 cm³/mol. The minimum Gasteiger partial charge on any atom is -0.344 e. The molecule has 0 bridgehead atoms. The summed E-state index contributed by atoms with van der Waals surface area (Å²) in [5, 5.41) is 7.80. The van der Waals surface area contributed by atoms with E-state index in [2.05, 4.69) is 22.9 Å². The van der Waals surface area contributed by atoms with Gasteiger partial charge in [0.15, 0.2) is 0 Å². The molecule has 1 fully saturated rings. The molecule has 0 saturated carbocycles. The molecule has 0 aromatic heterocycles. The molecule has 0 radical (unpaired) electrons. The second kappa shape index (κ2) is 17.0. The van der Waals surface area contributed by atoms with Gasteiger partial charge in [-0.2, -0.15) is 11.8 Å². The minimum atomic E-state index is -0.868. The maximum Gasteiger partial charge on any atom is 0.246 e. The van der Waals surface area contributed by atoms with E-state index in [-0.39, 0.29) is 43.0 Å². The number of likely N-dealkylation sites (tertiary alicyclic amines) is 1. The summed E-state index contributed by atoms with van der Waals surface area (Å²) < 4.78 is 0. The third-order valence-corrected chi connectivity index (χ3v) is 8.05. The summed E-state index contributed by atoms with van der Waals surface area (Å²) in [6.45, 7) is 7.36. The third kappa shape index (κ3) is 10.6. The Morgan fingerprint density at radius 1 is 0.950 bits per heavy atom. The van der Waals surface area contributed by atoms with Crippen LogP contribution >= 0.6 is 11.8 Å². The fourth-order valence-corrected chi connectivity index (χ4v) is 5.19. The third-order valence-electron chi connectivity index (χ3n) is 7.11. The number of thioether (sulfide) groups is 1. The van der Waals surface area contributed by atoms with Crippen LogP contribution in [0.1, 0.15) is 84.6 Å². The topological polar surface area (TPSA) is 125 Å². The number of carbonyl (C=O) groups excluding carboxylic acids is 5. The normalized spacial score (nSPS) is 16.6. The van der Waals surface area contributed by atoms with Crippen molar-refractivity contribution in [2.24, 2.45) is 5.92 Å². The summed E-state index contributed by atoms with van der Waals surface area (Å²) in [6.07, 6.45) is 10.3. The largest absolute Gasteiger partial charge is 0.344 e. The lowest BCUT2D eigenvalue weighted by atomic mass is 10.0. The Balaban J connectivity index is 1.80. The molecule has 1 aliphatic heterocycles. The van der Waals surface area contributed by atoms with Gasteiger partial charge < -0.3 is 16.0 Å². The van der Waals surface area contributed by atoms with Crippen LogP contribution < -0.4 is 16.0 Å². The van der Waals surface area contributed by atoms with E-state index in [9.17, 15) is 24.0 Å². The summed E-state index contributed by atoms with van der Waals surface area (Å²) in [6, 6.07) is 6.07. The maximum absolute atomic E-state index is 12.9. The molecular weight excluding hydrogens is 528 g/mol. The van der Waals surface area contributed by atoms with Crippen LogP contribution in [0.3, 0.4) is 0 Å². The highest BCUT2D eigenvalue weighted by atomic mass is 32.2. The van der Waals surface area contributed by atoms with E-state index < -0.39 is 29.1 Å². The van der Waals surface area contributed by atoms with Crippen molar-refractivity contribution in [1.82, 2.24) is 15.5 Å². The second-order valence-electron chi connectivity index (χ2n) is 10.8. The molecule has 5 amide bonds. The molecule has 222 valence electrons. The zero-order chi connectivity index (χ0) is 29.7. The first kappa shape index (κ1) is 33.3. The number of anilines is 1. The van der Waals surface area contributed by atoms with E-state index in [0.29, 0.717) is 5.69 Å². The number of nitrogens with zero attached hydrogens (tertiary/aromatic N) is 1. The maximum atomic E-state index is 12.9. The number of imide groups is 1. The molecule has 9 nitrogen and oxygen atoms in total. The lowest BCUT2D eigenvalue weighted by molar-refractivity contribution is -0.139. The second-order valence-corrected chi connectivity index (χ2v) is 11.8. The summed E-state index contributed by atoms with van der Waals surface area (Å²) in [5.74, 6) is -2.09. The van der Waals surface area contributed by atoms with Crippen LogP contribution in [0.15, 0.2) is 24.3 Å². The molecule has 1 heterocycles. The smallest absolute Gasteiger partial charge is 0.246 e. The van der Waals surface area contributed by atoms with Gasteiger partial charge in [0.1, 0.15) is 12.1 Å². The van der Waals surface area contributed by atoms with Crippen molar-refractivity contribution in [2.45, 2.75) is 103 Å². The molecule has 10 heteroatoms. The fraction of sp³-hybridized carbons (Fsp3) is 0.633. The quantitative estimate of drug-likeness (QED) is 0.190. The number of rotatable bonds is 17. The molecule has 1 saturated heterocycles. The highest BCUT2D eigenvalue weighted by Gasteiger charge is 2.38. The number of nitrogens with one attached hydrogen (secondary N) is 3. The van der Waals surface area contributed by atoms with E-state index >= 15 is 0 Å².